The zero-order chi connectivity index (χ0) is 16.0. The number of sulfonamides is 1. The van der Waals surface area contributed by atoms with Crippen LogP contribution in [-0.2, 0) is 19.5 Å². The Hall–Kier alpha value is -1.31. The van der Waals surface area contributed by atoms with Crippen molar-refractivity contribution in [2.45, 2.75) is 10.3 Å². The highest BCUT2D eigenvalue weighted by Gasteiger charge is 2.26. The second-order valence-electron chi connectivity index (χ2n) is 3.85. The summed E-state index contributed by atoms with van der Waals surface area (Å²) in [5.41, 5.74) is 1.71. The molecular weight excluding hydrogens is 324 g/mol. The van der Waals surface area contributed by atoms with Gasteiger partial charge in [0.15, 0.2) is 5.00 Å². The number of hydrogen-bond donors (Lipinski definition) is 3. The molecular formula is C9H16N4O6S2. The van der Waals surface area contributed by atoms with Crippen LogP contribution in [0.4, 0.5) is 10.7 Å². The van der Waals surface area contributed by atoms with E-state index in [4.69, 9.17) is 15.3 Å². The quantitative estimate of drug-likeness (QED) is 0.320. The van der Waals surface area contributed by atoms with E-state index >= 15 is 0 Å². The Bertz CT molecular complexity index is 587. The zero-order valence-corrected chi connectivity index (χ0v) is 13.0. The Kier molecular flexibility index (Phi) is 6.44. The van der Waals surface area contributed by atoms with Gasteiger partial charge in [-0.05, 0) is 0 Å². The highest BCUT2D eigenvalue weighted by molar-refractivity contribution is 7.91. The first-order valence-electron chi connectivity index (χ1n) is 5.62. The van der Waals surface area contributed by atoms with E-state index in [1.54, 1.807) is 0 Å². The molecule has 4 N–H and O–H groups in total. The highest BCUT2D eigenvalue weighted by Crippen LogP contribution is 2.36. The molecule has 1 rings (SSSR count). The van der Waals surface area contributed by atoms with Crippen LogP contribution in [0.15, 0.2) is 10.3 Å². The maximum absolute atomic E-state index is 12.1. The van der Waals surface area contributed by atoms with Gasteiger partial charge >= 0.3 is 5.69 Å². The molecule has 1 aromatic rings. The maximum Gasteiger partial charge on any atom is 0.306 e. The van der Waals surface area contributed by atoms with Crippen LogP contribution in [0.3, 0.4) is 0 Å². The lowest BCUT2D eigenvalue weighted by atomic mass is 10.4. The van der Waals surface area contributed by atoms with E-state index in [1.165, 1.54) is 14.2 Å². The van der Waals surface area contributed by atoms with Crippen LogP contribution < -0.4 is 16.0 Å². The summed E-state index contributed by atoms with van der Waals surface area (Å²) in [7, 11) is -1.01. The topological polar surface area (TPSA) is 146 Å². The van der Waals surface area contributed by atoms with Crippen molar-refractivity contribution in [2.24, 2.45) is 5.84 Å². The highest BCUT2D eigenvalue weighted by atomic mass is 32.2. The number of hydrazine groups is 1. The Morgan fingerprint density at radius 2 is 2.19 bits per heavy atom. The van der Waals surface area contributed by atoms with Crippen molar-refractivity contribution in [2.75, 3.05) is 32.8 Å². The molecule has 0 aliphatic carbocycles. The fourth-order valence-electron chi connectivity index (χ4n) is 1.40. The molecule has 1 unspecified atom stereocenters. The molecule has 1 aromatic heterocycles. The van der Waals surface area contributed by atoms with Crippen molar-refractivity contribution < 1.29 is 22.8 Å². The first kappa shape index (κ1) is 17.7. The second-order valence-corrected chi connectivity index (χ2v) is 6.89. The second kappa shape index (κ2) is 7.63. The molecule has 0 radical (unpaired) electrons. The molecule has 120 valence electrons. The van der Waals surface area contributed by atoms with Gasteiger partial charge in [-0.2, -0.15) is 0 Å². The molecule has 0 aliphatic heterocycles. The lowest BCUT2D eigenvalue weighted by Crippen LogP contribution is -2.35. The molecule has 0 saturated carbocycles. The molecule has 1 atom stereocenters. The van der Waals surface area contributed by atoms with Crippen LogP contribution in [0, 0.1) is 10.1 Å². The molecule has 0 aliphatic rings. The van der Waals surface area contributed by atoms with Crippen LogP contribution >= 0.6 is 11.3 Å². The number of nitrogens with one attached hydrogen (secondary N) is 2. The number of ether oxygens (including phenoxy) is 2. The van der Waals surface area contributed by atoms with Gasteiger partial charge in [0.05, 0.1) is 17.6 Å². The number of methoxy groups -OCH3 is 2. The van der Waals surface area contributed by atoms with E-state index in [1.807, 2.05) is 0 Å². The lowest BCUT2D eigenvalue weighted by molar-refractivity contribution is -0.383. The number of nitro groups is 1. The number of nitrogen functional groups attached to an aromatic ring is 1. The summed E-state index contributed by atoms with van der Waals surface area (Å²) in [6, 6.07) is 0.945. The normalized spacial score (nSPS) is 13.1. The average molecular weight is 340 g/mol. The van der Waals surface area contributed by atoms with Gasteiger partial charge in [0.25, 0.3) is 0 Å². The van der Waals surface area contributed by atoms with Gasteiger partial charge in [-0.25, -0.2) is 19.0 Å². The average Bonchev–Trinajstić information content (AvgIpc) is 2.88. The molecule has 10 nitrogen and oxygen atoms in total. The van der Waals surface area contributed by atoms with E-state index in [0.29, 0.717) is 11.3 Å². The lowest BCUT2D eigenvalue weighted by Gasteiger charge is -2.14. The van der Waals surface area contributed by atoms with Crippen molar-refractivity contribution in [3.05, 3.63) is 16.2 Å². The summed E-state index contributed by atoms with van der Waals surface area (Å²) in [6.07, 6.45) is -0.466. The van der Waals surface area contributed by atoms with Crippen molar-refractivity contribution >= 4 is 32.0 Å². The fourth-order valence-corrected chi connectivity index (χ4v) is 3.75. The van der Waals surface area contributed by atoms with Crippen LogP contribution in [0.2, 0.25) is 0 Å². The molecule has 0 saturated heterocycles. The third-order valence-corrected chi connectivity index (χ3v) is 5.42. The molecule has 21 heavy (non-hydrogen) atoms. The number of thiophene rings is 1. The van der Waals surface area contributed by atoms with Gasteiger partial charge in [0.1, 0.15) is 4.21 Å². The third-order valence-electron chi connectivity index (χ3n) is 2.47. The summed E-state index contributed by atoms with van der Waals surface area (Å²) < 4.78 is 36.1. The monoisotopic (exact) mass is 340 g/mol. The first-order chi connectivity index (χ1) is 9.85. The number of anilines is 1. The van der Waals surface area contributed by atoms with Gasteiger partial charge in [0, 0.05) is 26.8 Å². The van der Waals surface area contributed by atoms with Gasteiger partial charge in [-0.3, -0.25) is 10.1 Å². The largest absolute Gasteiger partial charge is 0.382 e. The minimum Gasteiger partial charge on any atom is -0.382 e. The molecule has 0 spiro atoms. The summed E-state index contributed by atoms with van der Waals surface area (Å²) in [5.74, 6) is 5.13. The molecule has 0 bridgehead atoms. The fraction of sp³-hybridized carbons (Fsp3) is 0.556. The van der Waals surface area contributed by atoms with E-state index in [0.717, 1.165) is 6.07 Å². The number of rotatable bonds is 9. The Labute approximate surface area is 125 Å². The van der Waals surface area contributed by atoms with Crippen molar-refractivity contribution in [3.8, 4) is 0 Å². The Morgan fingerprint density at radius 1 is 1.52 bits per heavy atom. The first-order valence-corrected chi connectivity index (χ1v) is 7.92. The van der Waals surface area contributed by atoms with Crippen molar-refractivity contribution in [1.82, 2.24) is 4.72 Å². The molecule has 0 aromatic carbocycles. The van der Waals surface area contributed by atoms with Crippen LogP contribution in [0.25, 0.3) is 0 Å². The smallest absolute Gasteiger partial charge is 0.306 e. The molecule has 12 heteroatoms. The predicted molar refractivity (Wildman–Crippen MR) is 76.6 cm³/mol. The minimum atomic E-state index is -3.90. The van der Waals surface area contributed by atoms with Gasteiger partial charge in [0.2, 0.25) is 10.0 Å². The van der Waals surface area contributed by atoms with Gasteiger partial charge in [-0.1, -0.05) is 11.3 Å². The zero-order valence-electron chi connectivity index (χ0n) is 11.4. The van der Waals surface area contributed by atoms with E-state index in [9.17, 15) is 18.5 Å². The van der Waals surface area contributed by atoms with Crippen molar-refractivity contribution in [3.63, 3.8) is 0 Å². The van der Waals surface area contributed by atoms with Gasteiger partial charge < -0.3 is 14.9 Å². The van der Waals surface area contributed by atoms with Gasteiger partial charge in [-0.15, -0.1) is 0 Å². The summed E-state index contributed by atoms with van der Waals surface area (Å²) in [5, 5.41) is 10.7. The summed E-state index contributed by atoms with van der Waals surface area (Å²) in [4.78, 5) is 10.1. The molecule has 0 amide bonds. The predicted octanol–water partition coefficient (Wildman–Crippen LogP) is -0.118. The summed E-state index contributed by atoms with van der Waals surface area (Å²) >= 11 is 0.667. The summed E-state index contributed by atoms with van der Waals surface area (Å²) in [6.45, 7) is 0.184. The number of nitrogens with two attached hydrogens (primary N) is 1. The number of nitrogens with zero attached hydrogens (tertiary/aromatic N) is 1. The molecule has 0 fully saturated rings. The minimum absolute atomic E-state index is 0.0240. The maximum atomic E-state index is 12.1. The van der Waals surface area contributed by atoms with E-state index in [-0.39, 0.29) is 22.4 Å². The van der Waals surface area contributed by atoms with Crippen LogP contribution in [0.1, 0.15) is 0 Å². The third kappa shape index (κ3) is 4.59. The van der Waals surface area contributed by atoms with Crippen LogP contribution in [0.5, 0.6) is 0 Å². The SMILES string of the molecule is COCC(CNS(=O)(=O)c1cc([N+](=O)[O-])c(NN)s1)OC. The standard InChI is InChI=1S/C9H16N4O6S2/c1-18-5-6(19-2)4-11-21(16,17)8-3-7(13(14)15)9(12-10)20-8/h3,6,11-12H,4-5,10H2,1-2H3. The van der Waals surface area contributed by atoms with E-state index < -0.39 is 26.7 Å². The Morgan fingerprint density at radius 3 is 2.62 bits per heavy atom. The van der Waals surface area contributed by atoms with Crippen molar-refractivity contribution in [1.29, 1.82) is 0 Å². The Balaban J connectivity index is 2.90. The van der Waals surface area contributed by atoms with Crippen LogP contribution in [-0.4, -0.2) is 46.8 Å². The van der Waals surface area contributed by atoms with E-state index in [2.05, 4.69) is 10.1 Å². The molecule has 1 heterocycles. The number of hydrogen-bond acceptors (Lipinski definition) is 9.